The predicted molar refractivity (Wildman–Crippen MR) is 118 cm³/mol. The molecule has 8 heteroatoms. The van der Waals surface area contributed by atoms with Crippen LogP contribution in [-0.4, -0.2) is 29.2 Å². The van der Waals surface area contributed by atoms with Crippen LogP contribution < -0.4 is 19.6 Å². The molecule has 1 unspecified atom stereocenters. The summed E-state index contributed by atoms with van der Waals surface area (Å²) in [5, 5.41) is 0. The van der Waals surface area contributed by atoms with Crippen LogP contribution >= 0.6 is 11.3 Å². The molecule has 3 heterocycles. The number of aromatic nitrogens is 2. The van der Waals surface area contributed by atoms with Gasteiger partial charge in [0.05, 0.1) is 35.6 Å². The molecule has 0 N–H and O–H groups in total. The Kier molecular flexibility index (Phi) is 5.81. The predicted octanol–water partition coefficient (Wildman–Crippen LogP) is 2.20. The van der Waals surface area contributed by atoms with E-state index in [2.05, 4.69) is 9.98 Å². The van der Waals surface area contributed by atoms with Crippen LogP contribution in [0.4, 0.5) is 0 Å². The number of carbonyl (C=O) groups is 1. The molecule has 0 fully saturated rings. The number of benzene rings is 1. The highest BCUT2D eigenvalue weighted by molar-refractivity contribution is 7.07. The molecule has 1 aliphatic rings. The van der Waals surface area contributed by atoms with Crippen molar-refractivity contribution in [3.8, 4) is 5.75 Å². The lowest BCUT2D eigenvalue weighted by atomic mass is 9.95. The third kappa shape index (κ3) is 3.94. The van der Waals surface area contributed by atoms with Crippen LogP contribution in [0.15, 0.2) is 69.8 Å². The number of rotatable bonds is 5. The summed E-state index contributed by atoms with van der Waals surface area (Å²) in [4.78, 5) is 35.5. The van der Waals surface area contributed by atoms with Crippen molar-refractivity contribution in [3.63, 3.8) is 0 Å². The van der Waals surface area contributed by atoms with Crippen LogP contribution in [0.2, 0.25) is 0 Å². The lowest BCUT2D eigenvalue weighted by molar-refractivity contribution is -0.139. The number of nitrogens with zero attached hydrogens (tertiary/aromatic N) is 3. The molecule has 1 aromatic carbocycles. The number of thiazole rings is 1. The molecule has 3 aromatic rings. The summed E-state index contributed by atoms with van der Waals surface area (Å²) in [6, 6.07) is 10.4. The van der Waals surface area contributed by atoms with E-state index in [0.29, 0.717) is 26.4 Å². The lowest BCUT2D eigenvalue weighted by Gasteiger charge is -2.25. The standard InChI is InChI=1S/C23H21N3O4S/c1-4-30-22(28)19-14(2)25-23-26(20(19)16-8-5-9-17(12-16)29-3)21(27)18(31-23)11-15-7-6-10-24-13-15/h5-13,20H,4H2,1-3H3/b18-11+. The molecule has 4 rings (SSSR count). The van der Waals surface area contributed by atoms with Gasteiger partial charge in [0.15, 0.2) is 4.80 Å². The summed E-state index contributed by atoms with van der Waals surface area (Å²) in [5.74, 6) is 0.144. The topological polar surface area (TPSA) is 82.8 Å². The van der Waals surface area contributed by atoms with Gasteiger partial charge in [-0.2, -0.15) is 0 Å². The van der Waals surface area contributed by atoms with Gasteiger partial charge in [-0.05, 0) is 49.2 Å². The number of hydrogen-bond donors (Lipinski definition) is 0. The Morgan fingerprint density at radius 3 is 2.84 bits per heavy atom. The number of pyridine rings is 1. The Morgan fingerprint density at radius 2 is 2.13 bits per heavy atom. The first kappa shape index (κ1) is 20.7. The highest BCUT2D eigenvalue weighted by atomic mass is 32.1. The van der Waals surface area contributed by atoms with Gasteiger partial charge >= 0.3 is 5.97 Å². The van der Waals surface area contributed by atoms with Crippen LogP contribution in [0.5, 0.6) is 5.75 Å². The molecular weight excluding hydrogens is 414 g/mol. The smallest absolute Gasteiger partial charge is 0.338 e. The van der Waals surface area contributed by atoms with Gasteiger partial charge in [-0.15, -0.1) is 0 Å². The second-order valence-electron chi connectivity index (χ2n) is 6.87. The summed E-state index contributed by atoms with van der Waals surface area (Å²) in [6.45, 7) is 3.74. The van der Waals surface area contributed by atoms with Crippen LogP contribution in [0.25, 0.3) is 6.08 Å². The molecule has 0 saturated heterocycles. The molecule has 0 saturated carbocycles. The molecule has 1 atom stereocenters. The van der Waals surface area contributed by atoms with E-state index in [1.54, 1.807) is 44.0 Å². The van der Waals surface area contributed by atoms with Gasteiger partial charge in [-0.1, -0.05) is 29.5 Å². The third-order valence-electron chi connectivity index (χ3n) is 4.91. The molecule has 0 aliphatic carbocycles. The van der Waals surface area contributed by atoms with Gasteiger partial charge in [-0.3, -0.25) is 14.3 Å². The first-order valence-electron chi connectivity index (χ1n) is 9.77. The van der Waals surface area contributed by atoms with Crippen molar-refractivity contribution in [2.24, 2.45) is 4.99 Å². The molecular formula is C23H21N3O4S. The number of methoxy groups -OCH3 is 1. The maximum Gasteiger partial charge on any atom is 0.338 e. The molecule has 0 amide bonds. The fraction of sp³-hybridized carbons (Fsp3) is 0.217. The van der Waals surface area contributed by atoms with Crippen LogP contribution in [-0.2, 0) is 9.53 Å². The van der Waals surface area contributed by atoms with Crippen molar-refractivity contribution >= 4 is 23.4 Å². The first-order chi connectivity index (χ1) is 15.0. The van der Waals surface area contributed by atoms with E-state index in [0.717, 1.165) is 11.1 Å². The van der Waals surface area contributed by atoms with E-state index in [4.69, 9.17) is 9.47 Å². The molecule has 7 nitrogen and oxygen atoms in total. The van der Waals surface area contributed by atoms with E-state index in [1.165, 1.54) is 11.3 Å². The van der Waals surface area contributed by atoms with Gasteiger partial charge in [0.25, 0.3) is 5.56 Å². The third-order valence-corrected chi connectivity index (χ3v) is 5.89. The lowest BCUT2D eigenvalue weighted by Crippen LogP contribution is -2.39. The largest absolute Gasteiger partial charge is 0.497 e. The van der Waals surface area contributed by atoms with Crippen LogP contribution in [0, 0.1) is 0 Å². The number of carbonyl (C=O) groups excluding carboxylic acids is 1. The van der Waals surface area contributed by atoms with Crippen molar-refractivity contribution in [2.45, 2.75) is 19.9 Å². The molecule has 0 spiro atoms. The van der Waals surface area contributed by atoms with Crippen LogP contribution in [0.1, 0.15) is 31.0 Å². The fourth-order valence-corrected chi connectivity index (χ4v) is 4.58. The van der Waals surface area contributed by atoms with Crippen molar-refractivity contribution in [1.29, 1.82) is 0 Å². The Hall–Kier alpha value is -3.52. The summed E-state index contributed by atoms with van der Waals surface area (Å²) >= 11 is 1.28. The van der Waals surface area contributed by atoms with Gasteiger partial charge in [0.2, 0.25) is 0 Å². The molecule has 2 aromatic heterocycles. The maximum atomic E-state index is 13.4. The van der Waals surface area contributed by atoms with Crippen molar-refractivity contribution in [2.75, 3.05) is 13.7 Å². The molecule has 0 bridgehead atoms. The van der Waals surface area contributed by atoms with E-state index in [-0.39, 0.29) is 12.2 Å². The summed E-state index contributed by atoms with van der Waals surface area (Å²) in [5.41, 5.74) is 2.20. The van der Waals surface area contributed by atoms with Gasteiger partial charge < -0.3 is 9.47 Å². The number of ether oxygens (including phenoxy) is 2. The van der Waals surface area contributed by atoms with Gasteiger partial charge in [-0.25, -0.2) is 9.79 Å². The number of hydrogen-bond acceptors (Lipinski definition) is 7. The highest BCUT2D eigenvalue weighted by Crippen LogP contribution is 2.32. The second kappa shape index (κ2) is 8.69. The monoisotopic (exact) mass is 435 g/mol. The molecule has 158 valence electrons. The second-order valence-corrected chi connectivity index (χ2v) is 7.87. The maximum absolute atomic E-state index is 13.4. The molecule has 0 radical (unpaired) electrons. The minimum Gasteiger partial charge on any atom is -0.497 e. The van der Waals surface area contributed by atoms with Crippen molar-refractivity contribution in [3.05, 3.63) is 90.9 Å². The quantitative estimate of drug-likeness (QED) is 0.574. The number of allylic oxidation sites excluding steroid dienone is 1. The zero-order chi connectivity index (χ0) is 22.0. The average Bonchev–Trinajstić information content (AvgIpc) is 3.08. The fourth-order valence-electron chi connectivity index (χ4n) is 3.53. The zero-order valence-corrected chi connectivity index (χ0v) is 18.2. The van der Waals surface area contributed by atoms with Crippen LogP contribution in [0.3, 0.4) is 0 Å². The Morgan fingerprint density at radius 1 is 1.29 bits per heavy atom. The van der Waals surface area contributed by atoms with Crippen molar-refractivity contribution < 1.29 is 14.3 Å². The Labute approximate surface area is 182 Å². The molecule has 31 heavy (non-hydrogen) atoms. The SMILES string of the molecule is CCOC(=O)C1=C(C)N=c2s/c(=C/c3cccnc3)c(=O)n2C1c1cccc(OC)c1. The van der Waals surface area contributed by atoms with E-state index < -0.39 is 12.0 Å². The summed E-state index contributed by atoms with van der Waals surface area (Å²) in [7, 11) is 1.58. The molecule has 1 aliphatic heterocycles. The van der Waals surface area contributed by atoms with Gasteiger partial charge in [0.1, 0.15) is 5.75 Å². The van der Waals surface area contributed by atoms with Gasteiger partial charge in [0, 0.05) is 12.4 Å². The van der Waals surface area contributed by atoms with Crippen molar-refractivity contribution in [1.82, 2.24) is 9.55 Å². The zero-order valence-electron chi connectivity index (χ0n) is 17.4. The number of fused-ring (bicyclic) bond motifs is 1. The summed E-state index contributed by atoms with van der Waals surface area (Å²) < 4.78 is 12.7. The normalized spacial score (nSPS) is 16.0. The number of esters is 1. The first-order valence-corrected chi connectivity index (χ1v) is 10.6. The highest BCUT2D eigenvalue weighted by Gasteiger charge is 2.33. The van der Waals surface area contributed by atoms with E-state index in [9.17, 15) is 9.59 Å². The minimum absolute atomic E-state index is 0.227. The summed E-state index contributed by atoms with van der Waals surface area (Å²) in [6.07, 6.45) is 5.15. The van der Waals surface area contributed by atoms with E-state index >= 15 is 0 Å². The Bertz CT molecular complexity index is 1340. The Balaban J connectivity index is 1.97. The average molecular weight is 436 g/mol. The van der Waals surface area contributed by atoms with E-state index in [1.807, 2.05) is 36.4 Å². The minimum atomic E-state index is -0.665.